The van der Waals surface area contributed by atoms with E-state index in [-0.39, 0.29) is 0 Å². The van der Waals surface area contributed by atoms with Gasteiger partial charge in [0.05, 0.1) is 12.6 Å². The molecule has 2 N–H and O–H groups in total. The molecule has 0 radical (unpaired) electrons. The Bertz CT molecular complexity index is 738. The van der Waals surface area contributed by atoms with Crippen molar-refractivity contribution < 1.29 is 4.74 Å². The number of anilines is 1. The number of benzene rings is 2. The third-order valence-corrected chi connectivity index (χ3v) is 3.11. The second-order valence-electron chi connectivity index (χ2n) is 4.38. The van der Waals surface area contributed by atoms with E-state index in [9.17, 15) is 0 Å². The van der Waals surface area contributed by atoms with Crippen LogP contribution in [-0.4, -0.2) is 12.1 Å². The van der Waals surface area contributed by atoms with Crippen LogP contribution in [-0.2, 0) is 0 Å². The molecule has 1 heterocycles. The molecule has 2 aromatic carbocycles. The van der Waals surface area contributed by atoms with Gasteiger partial charge in [-0.05, 0) is 47.5 Å². The first kappa shape index (κ1) is 11.5. The van der Waals surface area contributed by atoms with E-state index in [0.29, 0.717) is 5.82 Å². The highest BCUT2D eigenvalue weighted by molar-refractivity contribution is 5.85. The molecular weight excluding hydrogens is 236 g/mol. The molecule has 0 aliphatic rings. The van der Waals surface area contributed by atoms with Crippen molar-refractivity contribution in [3.05, 3.63) is 54.6 Å². The van der Waals surface area contributed by atoms with Gasteiger partial charge in [-0.25, -0.2) is 4.98 Å². The molecule has 94 valence electrons. The highest BCUT2D eigenvalue weighted by Crippen LogP contribution is 2.26. The number of nitrogens with two attached hydrogens (primary N) is 1. The van der Waals surface area contributed by atoms with Crippen molar-refractivity contribution in [3.8, 4) is 16.9 Å². The highest BCUT2D eigenvalue weighted by atomic mass is 16.5. The van der Waals surface area contributed by atoms with Gasteiger partial charge in [-0.3, -0.25) is 0 Å². The Morgan fingerprint density at radius 1 is 0.947 bits per heavy atom. The fourth-order valence-electron chi connectivity index (χ4n) is 2.12. The summed E-state index contributed by atoms with van der Waals surface area (Å²) >= 11 is 0. The lowest BCUT2D eigenvalue weighted by atomic mass is 10.0. The lowest BCUT2D eigenvalue weighted by Gasteiger charge is -2.06. The minimum atomic E-state index is 0.543. The van der Waals surface area contributed by atoms with Gasteiger partial charge in [0.25, 0.3) is 0 Å². The third kappa shape index (κ3) is 2.22. The Morgan fingerprint density at radius 3 is 2.63 bits per heavy atom. The molecule has 0 amide bonds. The van der Waals surface area contributed by atoms with Crippen LogP contribution in [0.1, 0.15) is 0 Å². The fraction of sp³-hybridized carbons (Fsp3) is 0.0625. The summed E-state index contributed by atoms with van der Waals surface area (Å²) < 4.78 is 5.25. The summed E-state index contributed by atoms with van der Waals surface area (Å²) in [6, 6.07) is 18.0. The number of methoxy groups -OCH3 is 1. The maximum Gasteiger partial charge on any atom is 0.124 e. The Balaban J connectivity index is 2.12. The summed E-state index contributed by atoms with van der Waals surface area (Å²) in [6.45, 7) is 0. The molecule has 1 aromatic heterocycles. The number of hydrogen-bond donors (Lipinski definition) is 1. The number of nitrogens with zero attached hydrogens (tertiary/aromatic N) is 1. The smallest absolute Gasteiger partial charge is 0.124 e. The number of fused-ring (bicyclic) bond motifs is 1. The molecule has 0 bridgehead atoms. The first-order valence-electron chi connectivity index (χ1n) is 6.07. The molecule has 3 nitrogen and oxygen atoms in total. The minimum Gasteiger partial charge on any atom is -0.497 e. The van der Waals surface area contributed by atoms with E-state index in [0.717, 1.165) is 27.8 Å². The second-order valence-corrected chi connectivity index (χ2v) is 4.38. The van der Waals surface area contributed by atoms with Crippen LogP contribution in [0, 0.1) is 0 Å². The van der Waals surface area contributed by atoms with E-state index in [1.165, 1.54) is 0 Å². The summed E-state index contributed by atoms with van der Waals surface area (Å²) in [4.78, 5) is 4.30. The monoisotopic (exact) mass is 250 g/mol. The SMILES string of the molecule is COc1cccc(-c2ccc3nc(N)ccc3c2)c1. The van der Waals surface area contributed by atoms with Gasteiger partial charge >= 0.3 is 0 Å². The molecule has 0 fully saturated rings. The van der Waals surface area contributed by atoms with Gasteiger partial charge in [-0.15, -0.1) is 0 Å². The molecule has 3 aromatic rings. The van der Waals surface area contributed by atoms with Gasteiger partial charge in [0, 0.05) is 5.39 Å². The first-order valence-corrected chi connectivity index (χ1v) is 6.07. The van der Waals surface area contributed by atoms with Gasteiger partial charge in [0.2, 0.25) is 0 Å². The molecular formula is C16H14N2O. The number of hydrogen-bond acceptors (Lipinski definition) is 3. The van der Waals surface area contributed by atoms with Crippen LogP contribution in [0.4, 0.5) is 5.82 Å². The third-order valence-electron chi connectivity index (χ3n) is 3.11. The Morgan fingerprint density at radius 2 is 1.79 bits per heavy atom. The van der Waals surface area contributed by atoms with Crippen LogP contribution >= 0.6 is 0 Å². The van der Waals surface area contributed by atoms with Crippen LogP contribution < -0.4 is 10.5 Å². The van der Waals surface area contributed by atoms with Crippen molar-refractivity contribution >= 4 is 16.7 Å². The van der Waals surface area contributed by atoms with E-state index in [2.05, 4.69) is 17.1 Å². The lowest BCUT2D eigenvalue weighted by molar-refractivity contribution is 0.415. The average Bonchev–Trinajstić information content (AvgIpc) is 2.46. The highest BCUT2D eigenvalue weighted by Gasteiger charge is 2.02. The van der Waals surface area contributed by atoms with E-state index in [1.807, 2.05) is 42.5 Å². The van der Waals surface area contributed by atoms with E-state index in [4.69, 9.17) is 10.5 Å². The van der Waals surface area contributed by atoms with Crippen molar-refractivity contribution in [2.45, 2.75) is 0 Å². The molecule has 0 unspecified atom stereocenters. The number of pyridine rings is 1. The molecule has 0 aliphatic heterocycles. The van der Waals surface area contributed by atoms with Crippen molar-refractivity contribution in [2.24, 2.45) is 0 Å². The van der Waals surface area contributed by atoms with Crippen LogP contribution in [0.15, 0.2) is 54.6 Å². The van der Waals surface area contributed by atoms with Gasteiger partial charge in [0.1, 0.15) is 11.6 Å². The summed E-state index contributed by atoms with van der Waals surface area (Å²) in [7, 11) is 1.67. The minimum absolute atomic E-state index is 0.543. The van der Waals surface area contributed by atoms with Crippen LogP contribution in [0.25, 0.3) is 22.0 Å². The molecule has 3 heteroatoms. The van der Waals surface area contributed by atoms with Crippen LogP contribution in [0.5, 0.6) is 5.75 Å². The van der Waals surface area contributed by atoms with Gasteiger partial charge in [0.15, 0.2) is 0 Å². The number of nitrogen functional groups attached to an aromatic ring is 1. The largest absolute Gasteiger partial charge is 0.497 e. The molecule has 0 saturated heterocycles. The summed E-state index contributed by atoms with van der Waals surface area (Å²) in [5.41, 5.74) is 8.85. The predicted molar refractivity (Wildman–Crippen MR) is 78.1 cm³/mol. The molecule has 0 aliphatic carbocycles. The molecule has 3 rings (SSSR count). The Labute approximate surface area is 111 Å². The van der Waals surface area contributed by atoms with Gasteiger partial charge < -0.3 is 10.5 Å². The van der Waals surface area contributed by atoms with E-state index in [1.54, 1.807) is 7.11 Å². The lowest BCUT2D eigenvalue weighted by Crippen LogP contribution is -1.90. The topological polar surface area (TPSA) is 48.1 Å². The van der Waals surface area contributed by atoms with Crippen LogP contribution in [0.3, 0.4) is 0 Å². The number of aromatic nitrogens is 1. The Kier molecular flexibility index (Phi) is 2.80. The summed E-state index contributed by atoms with van der Waals surface area (Å²) in [6.07, 6.45) is 0. The van der Waals surface area contributed by atoms with Crippen molar-refractivity contribution in [2.75, 3.05) is 12.8 Å². The zero-order valence-corrected chi connectivity index (χ0v) is 10.6. The van der Waals surface area contributed by atoms with E-state index >= 15 is 0 Å². The van der Waals surface area contributed by atoms with Crippen molar-refractivity contribution in [3.63, 3.8) is 0 Å². The quantitative estimate of drug-likeness (QED) is 0.757. The number of ether oxygens (including phenoxy) is 1. The van der Waals surface area contributed by atoms with Gasteiger partial charge in [-0.2, -0.15) is 0 Å². The fourth-order valence-corrected chi connectivity index (χ4v) is 2.12. The summed E-state index contributed by atoms with van der Waals surface area (Å²) in [5.74, 6) is 1.40. The normalized spacial score (nSPS) is 10.6. The molecule has 0 saturated carbocycles. The number of rotatable bonds is 2. The van der Waals surface area contributed by atoms with E-state index < -0.39 is 0 Å². The zero-order valence-electron chi connectivity index (χ0n) is 10.6. The van der Waals surface area contributed by atoms with Gasteiger partial charge in [-0.1, -0.05) is 18.2 Å². The first-order chi connectivity index (χ1) is 9.26. The maximum atomic E-state index is 5.68. The Hall–Kier alpha value is -2.55. The molecule has 0 spiro atoms. The van der Waals surface area contributed by atoms with Crippen LogP contribution in [0.2, 0.25) is 0 Å². The van der Waals surface area contributed by atoms with Crippen molar-refractivity contribution in [1.82, 2.24) is 4.98 Å². The summed E-state index contributed by atoms with van der Waals surface area (Å²) in [5, 5.41) is 1.08. The molecule has 19 heavy (non-hydrogen) atoms. The molecule has 0 atom stereocenters. The average molecular weight is 250 g/mol. The zero-order chi connectivity index (χ0) is 13.2. The maximum absolute atomic E-state index is 5.68. The second kappa shape index (κ2) is 4.61. The predicted octanol–water partition coefficient (Wildman–Crippen LogP) is 3.49. The van der Waals surface area contributed by atoms with Crippen molar-refractivity contribution in [1.29, 1.82) is 0 Å². The standard InChI is InChI=1S/C16H14N2O/c1-19-14-4-2-3-11(10-14)12-5-7-15-13(9-12)6-8-16(17)18-15/h2-10H,1H3,(H2,17,18).